The Bertz CT molecular complexity index is 723. The molecule has 0 fully saturated rings. The van der Waals surface area contributed by atoms with E-state index in [4.69, 9.17) is 16.0 Å². The monoisotopic (exact) mass is 302 g/mol. The molecule has 0 atom stereocenters. The summed E-state index contributed by atoms with van der Waals surface area (Å²) in [6, 6.07) is 13.5. The predicted octanol–water partition coefficient (Wildman–Crippen LogP) is 4.75. The maximum Gasteiger partial charge on any atom is 0.134 e. The van der Waals surface area contributed by atoms with E-state index in [1.54, 1.807) is 24.4 Å². The minimum atomic E-state index is -0.262. The Hall–Kier alpha value is -2.33. The van der Waals surface area contributed by atoms with Crippen LogP contribution in [0.5, 0.6) is 0 Å². The first-order chi connectivity index (χ1) is 10.2. The van der Waals surface area contributed by atoms with Crippen molar-refractivity contribution in [1.82, 2.24) is 4.98 Å². The number of anilines is 1. The molecular formula is C16H12ClFN2O. The first kappa shape index (κ1) is 13.6. The molecule has 3 nitrogen and oxygen atoms in total. The maximum absolute atomic E-state index is 12.9. The summed E-state index contributed by atoms with van der Waals surface area (Å²) in [6.07, 6.45) is 1.66. The molecule has 0 bridgehead atoms. The highest BCUT2D eigenvalue weighted by Gasteiger charge is 2.05. The number of aromatic nitrogens is 1. The van der Waals surface area contributed by atoms with Crippen LogP contribution in [0.15, 0.2) is 59.1 Å². The Labute approximate surface area is 126 Å². The number of benzene rings is 1. The Balaban J connectivity index is 1.67. The molecule has 0 amide bonds. The van der Waals surface area contributed by atoms with Gasteiger partial charge in [-0.1, -0.05) is 11.6 Å². The van der Waals surface area contributed by atoms with E-state index in [0.29, 0.717) is 17.5 Å². The Morgan fingerprint density at radius 3 is 2.57 bits per heavy atom. The molecule has 21 heavy (non-hydrogen) atoms. The minimum Gasteiger partial charge on any atom is -0.459 e. The van der Waals surface area contributed by atoms with Crippen LogP contribution >= 0.6 is 11.6 Å². The highest BCUT2D eigenvalue weighted by atomic mass is 35.5. The van der Waals surface area contributed by atoms with Gasteiger partial charge in [0.25, 0.3) is 0 Å². The average Bonchev–Trinajstić information content (AvgIpc) is 2.96. The lowest BCUT2D eigenvalue weighted by molar-refractivity contribution is 0.531. The van der Waals surface area contributed by atoms with Gasteiger partial charge < -0.3 is 9.73 Å². The van der Waals surface area contributed by atoms with Crippen LogP contribution in [0.4, 0.5) is 10.1 Å². The molecule has 1 N–H and O–H groups in total. The summed E-state index contributed by atoms with van der Waals surface area (Å²) in [4.78, 5) is 3.99. The van der Waals surface area contributed by atoms with Crippen LogP contribution in [0.3, 0.4) is 0 Å². The average molecular weight is 303 g/mol. The number of pyridine rings is 1. The summed E-state index contributed by atoms with van der Waals surface area (Å²) in [5.41, 5.74) is 1.70. The summed E-state index contributed by atoms with van der Waals surface area (Å²) in [7, 11) is 0. The van der Waals surface area contributed by atoms with Crippen molar-refractivity contribution < 1.29 is 8.81 Å². The van der Waals surface area contributed by atoms with Gasteiger partial charge in [-0.2, -0.15) is 0 Å². The summed E-state index contributed by atoms with van der Waals surface area (Å²) in [6.45, 7) is 0.532. The van der Waals surface area contributed by atoms with E-state index in [0.717, 1.165) is 17.0 Å². The first-order valence-corrected chi connectivity index (χ1v) is 6.78. The smallest absolute Gasteiger partial charge is 0.134 e. The molecule has 3 aromatic rings. The number of rotatable bonds is 4. The molecule has 0 spiro atoms. The lowest BCUT2D eigenvalue weighted by Gasteiger charge is -2.03. The molecule has 0 unspecified atom stereocenters. The van der Waals surface area contributed by atoms with Gasteiger partial charge in [-0.05, 0) is 48.5 Å². The standard InChI is InChI=1S/C16H12ClFN2O/c17-16-8-5-13(9-20-16)19-10-14-6-7-15(21-14)11-1-3-12(18)4-2-11/h1-9,19H,10H2. The van der Waals surface area contributed by atoms with E-state index >= 15 is 0 Å². The molecule has 106 valence electrons. The van der Waals surface area contributed by atoms with E-state index < -0.39 is 0 Å². The second kappa shape index (κ2) is 5.97. The number of furan rings is 1. The van der Waals surface area contributed by atoms with Crippen LogP contribution in [0.25, 0.3) is 11.3 Å². The van der Waals surface area contributed by atoms with Gasteiger partial charge in [0.1, 0.15) is 22.5 Å². The highest BCUT2D eigenvalue weighted by molar-refractivity contribution is 6.29. The maximum atomic E-state index is 12.9. The topological polar surface area (TPSA) is 38.1 Å². The van der Waals surface area contributed by atoms with Crippen molar-refractivity contribution >= 4 is 17.3 Å². The van der Waals surface area contributed by atoms with Gasteiger partial charge in [0.15, 0.2) is 0 Å². The van der Waals surface area contributed by atoms with E-state index in [9.17, 15) is 4.39 Å². The van der Waals surface area contributed by atoms with Crippen molar-refractivity contribution in [3.8, 4) is 11.3 Å². The quantitative estimate of drug-likeness (QED) is 0.707. The normalized spacial score (nSPS) is 10.6. The van der Waals surface area contributed by atoms with E-state index in [2.05, 4.69) is 10.3 Å². The molecule has 0 aliphatic carbocycles. The fourth-order valence-corrected chi connectivity index (χ4v) is 2.02. The number of hydrogen-bond donors (Lipinski definition) is 1. The van der Waals surface area contributed by atoms with E-state index in [1.807, 2.05) is 18.2 Å². The molecule has 3 rings (SSSR count). The molecule has 0 saturated carbocycles. The van der Waals surface area contributed by atoms with Crippen molar-refractivity contribution in [3.05, 3.63) is 71.5 Å². The van der Waals surface area contributed by atoms with Crippen molar-refractivity contribution in [1.29, 1.82) is 0 Å². The minimum absolute atomic E-state index is 0.262. The number of nitrogens with zero attached hydrogens (tertiary/aromatic N) is 1. The number of halogens is 2. The third kappa shape index (κ3) is 3.41. The lowest BCUT2D eigenvalue weighted by atomic mass is 10.2. The molecule has 1 aromatic carbocycles. The van der Waals surface area contributed by atoms with Crippen LogP contribution in [0, 0.1) is 5.82 Å². The molecule has 0 aliphatic rings. The van der Waals surface area contributed by atoms with Crippen LogP contribution in [-0.4, -0.2) is 4.98 Å². The van der Waals surface area contributed by atoms with Gasteiger partial charge >= 0.3 is 0 Å². The number of hydrogen-bond acceptors (Lipinski definition) is 3. The third-order valence-corrected chi connectivity index (χ3v) is 3.21. The fraction of sp³-hybridized carbons (Fsp3) is 0.0625. The second-order valence-electron chi connectivity index (χ2n) is 4.50. The Kier molecular flexibility index (Phi) is 3.88. The van der Waals surface area contributed by atoms with Crippen molar-refractivity contribution in [2.45, 2.75) is 6.54 Å². The molecular weight excluding hydrogens is 291 g/mol. The SMILES string of the molecule is Fc1ccc(-c2ccc(CNc3ccc(Cl)nc3)o2)cc1. The molecule has 0 saturated heterocycles. The summed E-state index contributed by atoms with van der Waals surface area (Å²) in [5, 5.41) is 3.64. The van der Waals surface area contributed by atoms with E-state index in [-0.39, 0.29) is 5.82 Å². The lowest BCUT2D eigenvalue weighted by Crippen LogP contribution is -1.98. The van der Waals surface area contributed by atoms with Crippen LogP contribution in [0.1, 0.15) is 5.76 Å². The summed E-state index contributed by atoms with van der Waals surface area (Å²) in [5.74, 6) is 1.23. The van der Waals surface area contributed by atoms with Gasteiger partial charge in [0.05, 0.1) is 18.4 Å². The van der Waals surface area contributed by atoms with E-state index in [1.165, 1.54) is 12.1 Å². The zero-order valence-electron chi connectivity index (χ0n) is 11.0. The van der Waals surface area contributed by atoms with Gasteiger partial charge in [-0.25, -0.2) is 9.37 Å². The Morgan fingerprint density at radius 1 is 1.05 bits per heavy atom. The Morgan fingerprint density at radius 2 is 1.86 bits per heavy atom. The largest absolute Gasteiger partial charge is 0.459 e. The number of nitrogens with one attached hydrogen (secondary N) is 1. The predicted molar refractivity (Wildman–Crippen MR) is 80.7 cm³/mol. The highest BCUT2D eigenvalue weighted by Crippen LogP contribution is 2.23. The van der Waals surface area contributed by atoms with Gasteiger partial charge in [-0.15, -0.1) is 0 Å². The summed E-state index contributed by atoms with van der Waals surface area (Å²) >= 11 is 5.73. The first-order valence-electron chi connectivity index (χ1n) is 6.41. The second-order valence-corrected chi connectivity index (χ2v) is 4.88. The van der Waals surface area contributed by atoms with Gasteiger partial charge in [0.2, 0.25) is 0 Å². The molecule has 0 radical (unpaired) electrons. The third-order valence-electron chi connectivity index (χ3n) is 2.98. The van der Waals surface area contributed by atoms with Crippen molar-refractivity contribution in [2.24, 2.45) is 0 Å². The van der Waals surface area contributed by atoms with Crippen molar-refractivity contribution in [3.63, 3.8) is 0 Å². The molecule has 2 heterocycles. The zero-order valence-corrected chi connectivity index (χ0v) is 11.8. The zero-order chi connectivity index (χ0) is 14.7. The van der Waals surface area contributed by atoms with Gasteiger partial charge in [-0.3, -0.25) is 0 Å². The summed E-state index contributed by atoms with van der Waals surface area (Å²) < 4.78 is 18.6. The van der Waals surface area contributed by atoms with Gasteiger partial charge in [0, 0.05) is 5.56 Å². The van der Waals surface area contributed by atoms with Crippen molar-refractivity contribution in [2.75, 3.05) is 5.32 Å². The van der Waals surface area contributed by atoms with Crippen LogP contribution < -0.4 is 5.32 Å². The molecule has 5 heteroatoms. The molecule has 0 aliphatic heterocycles. The van der Waals surface area contributed by atoms with Crippen LogP contribution in [-0.2, 0) is 6.54 Å². The van der Waals surface area contributed by atoms with Crippen LogP contribution in [0.2, 0.25) is 5.15 Å². The molecule has 2 aromatic heterocycles. The fourth-order valence-electron chi connectivity index (χ4n) is 1.91.